The molecule has 1 N–H and O–H groups in total. The van der Waals surface area contributed by atoms with Gasteiger partial charge < -0.3 is 9.84 Å². The van der Waals surface area contributed by atoms with E-state index >= 15 is 0 Å². The smallest absolute Gasteiger partial charge is 0.330 e. The van der Waals surface area contributed by atoms with Gasteiger partial charge in [-0.25, -0.2) is 4.79 Å². The molecular formula is C16H22O4. The van der Waals surface area contributed by atoms with Crippen LogP contribution in [0.1, 0.15) is 40.9 Å². The van der Waals surface area contributed by atoms with Gasteiger partial charge in [-0.05, 0) is 37.1 Å². The quantitative estimate of drug-likeness (QED) is 0.490. The molecule has 4 nitrogen and oxygen atoms in total. The van der Waals surface area contributed by atoms with Crippen LogP contribution in [0, 0.1) is 5.41 Å². The van der Waals surface area contributed by atoms with Crippen LogP contribution in [0.4, 0.5) is 0 Å². The van der Waals surface area contributed by atoms with Crippen molar-refractivity contribution in [3.63, 3.8) is 0 Å². The van der Waals surface area contributed by atoms with Gasteiger partial charge in [-0.3, -0.25) is 4.79 Å². The number of esters is 1. The minimum absolute atomic E-state index is 0.0250. The number of hydrogen-bond acceptors (Lipinski definition) is 4. The van der Waals surface area contributed by atoms with Crippen molar-refractivity contribution in [3.8, 4) is 0 Å². The van der Waals surface area contributed by atoms with E-state index < -0.39 is 48.1 Å². The van der Waals surface area contributed by atoms with Crippen LogP contribution in [0.15, 0.2) is 35.4 Å². The largest absolute Gasteiger partial charge is 0.466 e. The van der Waals surface area contributed by atoms with Crippen molar-refractivity contribution in [2.75, 3.05) is 7.11 Å². The van der Waals surface area contributed by atoms with Crippen LogP contribution in [0.25, 0.3) is 0 Å². The van der Waals surface area contributed by atoms with Gasteiger partial charge in [-0.2, -0.15) is 0 Å². The topological polar surface area (TPSA) is 63.6 Å². The molecule has 0 amide bonds. The number of carbonyl (C=O) groups excluding carboxylic acids is 2. The molecule has 0 bridgehead atoms. The highest BCUT2D eigenvalue weighted by Crippen LogP contribution is 2.44. The molecule has 0 spiro atoms. The summed E-state index contributed by atoms with van der Waals surface area (Å²) < 4.78 is 44.2. The summed E-state index contributed by atoms with van der Waals surface area (Å²) in [4.78, 5) is 23.2. The Morgan fingerprint density at radius 2 is 2.30 bits per heavy atom. The van der Waals surface area contributed by atoms with Gasteiger partial charge in [-0.15, -0.1) is 0 Å². The maximum Gasteiger partial charge on any atom is 0.330 e. The standard InChI is InChI=1S/C16H22O4/c1-11(8-14(18)20-5)6-7-16(19)12(2)9-13(17)10-15(16,3)4/h6-9,19H,10H2,1-5H3/b7-6+,11-8-/t16-/m1/s1/i3D3,6D,7D/t15-,16-. The van der Waals surface area contributed by atoms with Gasteiger partial charge in [0.05, 0.1) is 9.85 Å². The highest BCUT2D eigenvalue weighted by Gasteiger charge is 2.46. The third-order valence-electron chi connectivity index (χ3n) is 3.25. The molecule has 0 aliphatic heterocycles. The molecule has 0 heterocycles. The van der Waals surface area contributed by atoms with Crippen LogP contribution in [0.3, 0.4) is 0 Å². The molecular weight excluding hydrogens is 256 g/mol. The first kappa shape index (κ1) is 10.1. The van der Waals surface area contributed by atoms with Gasteiger partial charge in [0.1, 0.15) is 5.60 Å². The molecule has 4 heteroatoms. The summed E-state index contributed by atoms with van der Waals surface area (Å²) in [5.74, 6) is -1.21. The van der Waals surface area contributed by atoms with E-state index in [1.54, 1.807) is 0 Å². The van der Waals surface area contributed by atoms with Crippen LogP contribution in [-0.2, 0) is 14.3 Å². The summed E-state index contributed by atoms with van der Waals surface area (Å²) >= 11 is 0. The Hall–Kier alpha value is -1.68. The Kier molecular flexibility index (Phi) is 2.91. The highest BCUT2D eigenvalue weighted by atomic mass is 16.5. The minimum atomic E-state index is -2.76. The summed E-state index contributed by atoms with van der Waals surface area (Å²) in [6, 6.07) is -1.20. The predicted molar refractivity (Wildman–Crippen MR) is 77.0 cm³/mol. The Morgan fingerprint density at radius 1 is 1.65 bits per heavy atom. The molecule has 0 saturated heterocycles. The number of aliphatic hydroxyl groups is 1. The lowest BCUT2D eigenvalue weighted by Crippen LogP contribution is -2.48. The summed E-state index contributed by atoms with van der Waals surface area (Å²) in [7, 11) is 1.15. The lowest BCUT2D eigenvalue weighted by atomic mass is 9.64. The summed E-state index contributed by atoms with van der Waals surface area (Å²) in [6.07, 6.45) is 1.57. The van der Waals surface area contributed by atoms with E-state index in [2.05, 4.69) is 4.74 Å². The van der Waals surface area contributed by atoms with Gasteiger partial charge in [0.15, 0.2) is 5.78 Å². The third-order valence-corrected chi connectivity index (χ3v) is 3.25. The minimum Gasteiger partial charge on any atom is -0.466 e. The second-order valence-corrected chi connectivity index (χ2v) is 5.11. The summed E-state index contributed by atoms with van der Waals surface area (Å²) in [5.41, 5.74) is -4.33. The van der Waals surface area contributed by atoms with Gasteiger partial charge in [0, 0.05) is 22.0 Å². The molecule has 0 fully saturated rings. The highest BCUT2D eigenvalue weighted by molar-refractivity contribution is 5.92. The number of methoxy groups -OCH3 is 1. The first-order valence-corrected chi connectivity index (χ1v) is 6.11. The molecule has 2 atom stereocenters. The van der Waals surface area contributed by atoms with Crippen LogP contribution < -0.4 is 0 Å². The lowest BCUT2D eigenvalue weighted by Gasteiger charge is -2.43. The van der Waals surface area contributed by atoms with Crippen LogP contribution in [-0.4, -0.2) is 29.6 Å². The fraction of sp³-hybridized carbons (Fsp3) is 0.500. The summed E-state index contributed by atoms with van der Waals surface area (Å²) in [6.45, 7) is 1.16. The van der Waals surface area contributed by atoms with Gasteiger partial charge in [-0.1, -0.05) is 19.8 Å². The van der Waals surface area contributed by atoms with Crippen molar-refractivity contribution in [1.82, 2.24) is 0 Å². The number of hydrogen-bond donors (Lipinski definition) is 1. The molecule has 1 aliphatic carbocycles. The zero-order chi connectivity index (χ0) is 19.8. The molecule has 0 saturated carbocycles. The van der Waals surface area contributed by atoms with Gasteiger partial charge in [0.2, 0.25) is 0 Å². The summed E-state index contributed by atoms with van der Waals surface area (Å²) in [5, 5.41) is 11.2. The monoisotopic (exact) mass is 283 g/mol. The Bertz CT molecular complexity index is 689. The lowest BCUT2D eigenvalue weighted by molar-refractivity contribution is -0.134. The van der Waals surface area contributed by atoms with E-state index in [1.165, 1.54) is 20.8 Å². The number of ether oxygens (including phenoxy) is 1. The fourth-order valence-corrected chi connectivity index (χ4v) is 2.01. The van der Waals surface area contributed by atoms with Crippen molar-refractivity contribution in [1.29, 1.82) is 0 Å². The second-order valence-electron chi connectivity index (χ2n) is 5.11. The molecule has 1 rings (SSSR count). The number of ketones is 1. The first-order chi connectivity index (χ1) is 11.2. The Morgan fingerprint density at radius 3 is 2.85 bits per heavy atom. The van der Waals surface area contributed by atoms with Crippen molar-refractivity contribution in [3.05, 3.63) is 35.4 Å². The second kappa shape index (κ2) is 5.75. The van der Waals surface area contributed by atoms with E-state index in [0.717, 1.165) is 19.3 Å². The average molecular weight is 283 g/mol. The number of rotatable bonds is 3. The number of carbonyl (C=O) groups is 2. The van der Waals surface area contributed by atoms with Crippen molar-refractivity contribution in [2.24, 2.45) is 5.41 Å². The third kappa shape index (κ3) is 3.25. The molecule has 0 aromatic rings. The predicted octanol–water partition coefficient (Wildman–Crippen LogP) is 2.34. The molecule has 1 aliphatic rings. The van der Waals surface area contributed by atoms with E-state index in [1.807, 2.05) is 0 Å². The fourth-order valence-electron chi connectivity index (χ4n) is 2.01. The molecule has 0 aromatic carbocycles. The molecule has 20 heavy (non-hydrogen) atoms. The van der Waals surface area contributed by atoms with Crippen LogP contribution in [0.2, 0.25) is 0 Å². The van der Waals surface area contributed by atoms with Crippen LogP contribution >= 0.6 is 0 Å². The van der Waals surface area contributed by atoms with E-state index in [4.69, 9.17) is 6.85 Å². The van der Waals surface area contributed by atoms with Crippen molar-refractivity contribution in [2.45, 2.75) is 39.6 Å². The van der Waals surface area contributed by atoms with Gasteiger partial charge in [0.25, 0.3) is 0 Å². The Balaban J connectivity index is 3.69. The molecule has 0 radical (unpaired) electrons. The maximum absolute atomic E-state index is 11.9. The van der Waals surface area contributed by atoms with Gasteiger partial charge >= 0.3 is 5.97 Å². The SMILES string of the molecule is [2H]C(/C(C)=C\C(=O)OC)=C(/[2H])[C@@]1(O)C(C)=CC(=O)C[C@]1(C)C([2H])([2H])[2H]. The normalized spacial score (nSPS) is 36.6. The Labute approximate surface area is 126 Å². The zero-order valence-electron chi connectivity index (χ0n) is 17.0. The maximum atomic E-state index is 11.9. The molecule has 110 valence electrons. The van der Waals surface area contributed by atoms with Crippen molar-refractivity contribution >= 4 is 11.8 Å². The average Bonchev–Trinajstić information content (AvgIpc) is 2.49. The van der Waals surface area contributed by atoms with E-state index in [0.29, 0.717) is 0 Å². The zero-order valence-corrected chi connectivity index (χ0v) is 12.0. The van der Waals surface area contributed by atoms with E-state index in [-0.39, 0.29) is 11.1 Å². The van der Waals surface area contributed by atoms with E-state index in [9.17, 15) is 14.7 Å². The van der Waals surface area contributed by atoms with Crippen LogP contribution in [0.5, 0.6) is 0 Å². The molecule has 0 unspecified atom stereocenters. The van der Waals surface area contributed by atoms with Crippen molar-refractivity contribution < 1.29 is 26.3 Å². The number of allylic oxidation sites excluding steroid dienone is 3. The molecule has 0 aromatic heterocycles. The first-order valence-electron chi connectivity index (χ1n) is 8.61.